The lowest BCUT2D eigenvalue weighted by Gasteiger charge is -2.37. The largest absolute Gasteiger partial charge is 0.493 e. The lowest BCUT2D eigenvalue weighted by Crippen LogP contribution is -2.50. The molecule has 58 heavy (non-hydrogen) atoms. The van der Waals surface area contributed by atoms with Gasteiger partial charge in [0.25, 0.3) is 11.8 Å². The summed E-state index contributed by atoms with van der Waals surface area (Å²) in [6.07, 6.45) is 7.98. The Morgan fingerprint density at radius 3 is 2.31 bits per heavy atom. The Morgan fingerprint density at radius 2 is 1.60 bits per heavy atom. The summed E-state index contributed by atoms with van der Waals surface area (Å²) in [6, 6.07) is 16.7. The van der Waals surface area contributed by atoms with Crippen LogP contribution in [0.5, 0.6) is 17.2 Å². The molecule has 2 heterocycles. The van der Waals surface area contributed by atoms with Crippen molar-refractivity contribution in [3.63, 3.8) is 0 Å². The van der Waals surface area contributed by atoms with Gasteiger partial charge in [0.05, 0.1) is 20.1 Å². The number of rotatable bonds is 20. The van der Waals surface area contributed by atoms with Crippen molar-refractivity contribution in [2.45, 2.75) is 110 Å². The van der Waals surface area contributed by atoms with Gasteiger partial charge in [-0.15, -0.1) is 0 Å². The number of amides is 3. The van der Waals surface area contributed by atoms with Crippen LogP contribution in [0.3, 0.4) is 0 Å². The molecule has 2 aliphatic heterocycles. The summed E-state index contributed by atoms with van der Waals surface area (Å²) in [5.41, 5.74) is 5.93. The van der Waals surface area contributed by atoms with Crippen LogP contribution in [0.15, 0.2) is 66.7 Å². The number of Topliss-reactive ketones (excluding diaryl/α,β-unsaturated/α-hetero) is 1. The maximum absolute atomic E-state index is 14.4. The number of nitrogens with zero attached hydrogens (tertiary/aromatic N) is 2. The number of aryl methyl sites for hydroxylation is 4. The van der Waals surface area contributed by atoms with Crippen LogP contribution < -0.4 is 14.2 Å². The van der Waals surface area contributed by atoms with Crippen LogP contribution in [0.1, 0.15) is 110 Å². The van der Waals surface area contributed by atoms with E-state index in [4.69, 9.17) is 18.9 Å². The van der Waals surface area contributed by atoms with Gasteiger partial charge in [0, 0.05) is 31.7 Å². The number of esters is 1. The predicted octanol–water partition coefficient (Wildman–Crippen LogP) is 7.85. The van der Waals surface area contributed by atoms with Crippen molar-refractivity contribution in [1.82, 2.24) is 9.80 Å². The van der Waals surface area contributed by atoms with Gasteiger partial charge in [-0.05, 0) is 124 Å². The number of unbranched alkanes of at least 4 members (excludes halogenated alkanes) is 2. The molecule has 11 nitrogen and oxygen atoms in total. The quantitative estimate of drug-likeness (QED) is 0.0638. The van der Waals surface area contributed by atoms with Crippen molar-refractivity contribution >= 4 is 29.5 Å². The fourth-order valence-electron chi connectivity index (χ4n) is 7.81. The summed E-state index contributed by atoms with van der Waals surface area (Å²) in [7, 11) is 3.17. The van der Waals surface area contributed by atoms with E-state index >= 15 is 0 Å². The molecule has 0 aliphatic carbocycles. The van der Waals surface area contributed by atoms with Gasteiger partial charge in [0.15, 0.2) is 17.3 Å². The smallest absolute Gasteiger partial charge is 0.329 e. The Bertz CT molecular complexity index is 1970. The summed E-state index contributed by atoms with van der Waals surface area (Å²) < 4.78 is 23.5. The normalized spacial score (nSPS) is 16.3. The first-order valence-electron chi connectivity index (χ1n) is 20.5. The van der Waals surface area contributed by atoms with Gasteiger partial charge in [-0.25, -0.2) is 4.79 Å². The van der Waals surface area contributed by atoms with Crippen LogP contribution in [0.2, 0.25) is 0 Å². The van der Waals surface area contributed by atoms with E-state index in [0.717, 1.165) is 35.1 Å². The fourth-order valence-corrected chi connectivity index (χ4v) is 7.81. The lowest BCUT2D eigenvalue weighted by atomic mass is 9.91. The molecule has 0 saturated carbocycles. The Hall–Kier alpha value is -5.45. The van der Waals surface area contributed by atoms with Crippen LogP contribution in [-0.4, -0.2) is 79.2 Å². The number of benzene rings is 3. The SMILES string of the molecule is CC[C@H](C(=O)N1CCCC[C@H]1C(=O)O[C@H](CCc1ccc(C)c(C)c1)c1cccc(OCC(=O)CCCCCN2C(=O)C=CC2=O)c1)c1cc(C)c(OC)c(OC)c1. The first kappa shape index (κ1) is 43.7. The van der Waals surface area contributed by atoms with Gasteiger partial charge in [-0.3, -0.25) is 24.1 Å². The maximum atomic E-state index is 14.4. The molecule has 1 saturated heterocycles. The number of hydrogen-bond acceptors (Lipinski definition) is 9. The van der Waals surface area contributed by atoms with Crippen molar-refractivity contribution in [3.05, 3.63) is 100 Å². The number of hydrogen-bond donors (Lipinski definition) is 0. The molecule has 0 radical (unpaired) electrons. The van der Waals surface area contributed by atoms with Gasteiger partial charge in [-0.2, -0.15) is 0 Å². The molecular weight excluding hydrogens is 737 g/mol. The Kier molecular flexibility index (Phi) is 15.7. The van der Waals surface area contributed by atoms with E-state index in [-0.39, 0.29) is 30.1 Å². The fraction of sp³-hybridized carbons (Fsp3) is 0.468. The molecule has 3 aromatic carbocycles. The number of imide groups is 1. The minimum atomic E-state index is -0.731. The average Bonchev–Trinajstić information content (AvgIpc) is 3.55. The second kappa shape index (κ2) is 20.8. The molecule has 3 amide bonds. The van der Waals surface area contributed by atoms with E-state index in [1.165, 1.54) is 28.2 Å². The van der Waals surface area contributed by atoms with E-state index in [1.807, 2.05) is 44.2 Å². The summed E-state index contributed by atoms with van der Waals surface area (Å²) in [6.45, 7) is 8.74. The zero-order valence-corrected chi connectivity index (χ0v) is 34.8. The third kappa shape index (κ3) is 11.1. The van der Waals surface area contributed by atoms with Gasteiger partial charge < -0.3 is 23.8 Å². The van der Waals surface area contributed by atoms with Crippen molar-refractivity contribution in [2.75, 3.05) is 33.9 Å². The van der Waals surface area contributed by atoms with Gasteiger partial charge in [0.2, 0.25) is 5.91 Å². The molecule has 3 aromatic rings. The Morgan fingerprint density at radius 1 is 0.828 bits per heavy atom. The molecule has 1 fully saturated rings. The molecule has 11 heteroatoms. The summed E-state index contributed by atoms with van der Waals surface area (Å²) in [5.74, 6) is -0.0201. The van der Waals surface area contributed by atoms with E-state index < -0.39 is 24.0 Å². The molecule has 0 bridgehead atoms. The molecular formula is C47H58N2O9. The third-order valence-corrected chi connectivity index (χ3v) is 11.2. The van der Waals surface area contributed by atoms with Crippen molar-refractivity contribution in [2.24, 2.45) is 0 Å². The highest BCUT2D eigenvalue weighted by Gasteiger charge is 2.38. The van der Waals surface area contributed by atoms with E-state index in [1.54, 1.807) is 25.2 Å². The Balaban J connectivity index is 1.27. The highest BCUT2D eigenvalue weighted by Crippen LogP contribution is 2.37. The zero-order valence-electron chi connectivity index (χ0n) is 34.8. The standard InChI is InChI=1S/C47H58N2O9/c1-7-39(36-27-33(4)45(56-6)42(29-36)55-5)46(53)48-24-12-10-17-40(48)47(54)58-41(21-20-34-19-18-31(2)32(3)26-34)35-14-13-16-38(28-35)57-30-37(50)15-9-8-11-25-49-43(51)22-23-44(49)52/h13-14,16,18-19,22-23,26-29,39-41H,7-12,15,17,20-21,24-25,30H2,1-6H3/t39-,40-,41+/m0/s1. The minimum Gasteiger partial charge on any atom is -0.493 e. The van der Waals surface area contributed by atoms with Gasteiger partial charge in [0.1, 0.15) is 24.5 Å². The summed E-state index contributed by atoms with van der Waals surface area (Å²) >= 11 is 0. The van der Waals surface area contributed by atoms with E-state index in [0.29, 0.717) is 81.7 Å². The van der Waals surface area contributed by atoms with Crippen molar-refractivity contribution in [3.8, 4) is 17.2 Å². The number of methoxy groups -OCH3 is 2. The first-order chi connectivity index (χ1) is 27.9. The molecule has 2 aliphatic rings. The van der Waals surface area contributed by atoms with Crippen LogP contribution in [0.4, 0.5) is 0 Å². The molecule has 310 valence electrons. The van der Waals surface area contributed by atoms with Crippen molar-refractivity contribution < 1.29 is 42.9 Å². The minimum absolute atomic E-state index is 0.0613. The number of piperidine rings is 1. The van der Waals surface area contributed by atoms with E-state index in [9.17, 15) is 24.0 Å². The Labute approximate surface area is 342 Å². The van der Waals surface area contributed by atoms with Crippen LogP contribution in [0.25, 0.3) is 0 Å². The highest BCUT2D eigenvalue weighted by molar-refractivity contribution is 6.12. The zero-order chi connectivity index (χ0) is 41.8. The second-order valence-corrected chi connectivity index (χ2v) is 15.3. The van der Waals surface area contributed by atoms with E-state index in [2.05, 4.69) is 32.0 Å². The third-order valence-electron chi connectivity index (χ3n) is 11.2. The number of likely N-dealkylation sites (tertiary alicyclic amines) is 1. The number of carbonyl (C=O) groups excluding carboxylic acids is 5. The molecule has 0 aromatic heterocycles. The number of ketones is 1. The van der Waals surface area contributed by atoms with Crippen molar-refractivity contribution in [1.29, 1.82) is 0 Å². The summed E-state index contributed by atoms with van der Waals surface area (Å²) in [5, 5.41) is 0. The average molecular weight is 795 g/mol. The molecule has 0 spiro atoms. The van der Waals surface area contributed by atoms with Crippen LogP contribution >= 0.6 is 0 Å². The highest BCUT2D eigenvalue weighted by atomic mass is 16.5. The van der Waals surface area contributed by atoms with Gasteiger partial charge in [-0.1, -0.05) is 49.7 Å². The lowest BCUT2D eigenvalue weighted by molar-refractivity contribution is -0.162. The maximum Gasteiger partial charge on any atom is 0.329 e. The second-order valence-electron chi connectivity index (χ2n) is 15.3. The van der Waals surface area contributed by atoms with Gasteiger partial charge >= 0.3 is 5.97 Å². The first-order valence-corrected chi connectivity index (χ1v) is 20.5. The number of carbonyl (C=O) groups is 5. The monoisotopic (exact) mass is 794 g/mol. The van der Waals surface area contributed by atoms with Crippen LogP contribution in [0, 0.1) is 20.8 Å². The molecule has 0 N–H and O–H groups in total. The predicted molar refractivity (Wildman–Crippen MR) is 221 cm³/mol. The number of ether oxygens (including phenoxy) is 4. The topological polar surface area (TPSA) is 129 Å². The molecule has 3 atom stereocenters. The van der Waals surface area contributed by atoms with Crippen LogP contribution in [-0.2, 0) is 35.1 Å². The molecule has 0 unspecified atom stereocenters. The summed E-state index contributed by atoms with van der Waals surface area (Å²) in [4.78, 5) is 67.8. The molecule has 5 rings (SSSR count).